The highest BCUT2D eigenvalue weighted by Crippen LogP contribution is 2.25. The Kier molecular flexibility index (Phi) is 5.16. The summed E-state index contributed by atoms with van der Waals surface area (Å²) in [5, 5.41) is 11.3. The number of Topliss-reactive ketones (excluding diaryl/α,β-unsaturated/α-hetero) is 1. The van der Waals surface area contributed by atoms with E-state index >= 15 is 0 Å². The van der Waals surface area contributed by atoms with Crippen molar-refractivity contribution in [1.29, 1.82) is 0 Å². The van der Waals surface area contributed by atoms with Gasteiger partial charge in [-0.25, -0.2) is 9.29 Å². The molecular formula is C16H15N3O5S2. The molecule has 1 aromatic carbocycles. The van der Waals surface area contributed by atoms with Crippen LogP contribution in [0.25, 0.3) is 0 Å². The van der Waals surface area contributed by atoms with E-state index in [1.807, 2.05) is 0 Å². The summed E-state index contributed by atoms with van der Waals surface area (Å²) in [6.45, 7) is -0.913. The average Bonchev–Trinajstić information content (AvgIpc) is 3.17. The van der Waals surface area contributed by atoms with Crippen LogP contribution in [-0.2, 0) is 21.5 Å². The quantitative estimate of drug-likeness (QED) is 0.788. The highest BCUT2D eigenvalue weighted by molar-refractivity contribution is 7.88. The zero-order valence-electron chi connectivity index (χ0n) is 13.7. The summed E-state index contributed by atoms with van der Waals surface area (Å²) < 4.78 is 35.0. The number of methoxy groups -OCH3 is 1. The maximum absolute atomic E-state index is 12.7. The van der Waals surface area contributed by atoms with Gasteiger partial charge >= 0.3 is 10.2 Å². The molecule has 0 fully saturated rings. The summed E-state index contributed by atoms with van der Waals surface area (Å²) in [6.07, 6.45) is 2.85. The fourth-order valence-electron chi connectivity index (χ4n) is 2.34. The molecule has 8 nitrogen and oxygen atoms in total. The van der Waals surface area contributed by atoms with E-state index in [1.54, 1.807) is 29.6 Å². The molecule has 0 aliphatic carbocycles. The van der Waals surface area contributed by atoms with Crippen LogP contribution in [0.1, 0.15) is 10.6 Å². The summed E-state index contributed by atoms with van der Waals surface area (Å²) in [5.41, 5.74) is 0.560. The molecular weight excluding hydrogens is 378 g/mol. The molecule has 1 N–H and O–H groups in total. The van der Waals surface area contributed by atoms with Gasteiger partial charge in [-0.1, -0.05) is 12.1 Å². The molecule has 0 radical (unpaired) electrons. The maximum Gasteiger partial charge on any atom is 0.345 e. The van der Waals surface area contributed by atoms with Crippen LogP contribution >= 0.6 is 11.3 Å². The van der Waals surface area contributed by atoms with E-state index in [2.05, 4.69) is 9.38 Å². The van der Waals surface area contributed by atoms with Gasteiger partial charge in [0.25, 0.3) is 0 Å². The van der Waals surface area contributed by atoms with Crippen molar-refractivity contribution < 1.29 is 23.1 Å². The SMILES string of the molecule is COc1ccc(CN2C(C(=O)CO)=CC(c3nccs3)=NS2(=O)=O)cc1. The van der Waals surface area contributed by atoms with Crippen molar-refractivity contribution in [2.45, 2.75) is 6.54 Å². The lowest BCUT2D eigenvalue weighted by atomic mass is 10.2. The third-order valence-electron chi connectivity index (χ3n) is 3.60. The molecule has 2 heterocycles. The highest BCUT2D eigenvalue weighted by atomic mass is 32.2. The van der Waals surface area contributed by atoms with Crippen LogP contribution in [-0.4, -0.2) is 48.0 Å². The number of benzene rings is 1. The lowest BCUT2D eigenvalue weighted by Gasteiger charge is -2.26. The molecule has 0 saturated carbocycles. The molecule has 136 valence electrons. The normalized spacial score (nSPS) is 16.0. The molecule has 26 heavy (non-hydrogen) atoms. The molecule has 0 saturated heterocycles. The maximum atomic E-state index is 12.7. The molecule has 0 spiro atoms. The molecule has 1 aromatic heterocycles. The van der Waals surface area contributed by atoms with E-state index in [4.69, 9.17) is 4.74 Å². The fraction of sp³-hybridized carbons (Fsp3) is 0.188. The number of aliphatic hydroxyl groups is 1. The Hall–Kier alpha value is -2.56. The molecule has 10 heteroatoms. The van der Waals surface area contributed by atoms with E-state index in [0.29, 0.717) is 16.3 Å². The molecule has 2 aromatic rings. The average molecular weight is 393 g/mol. The molecule has 0 atom stereocenters. The standard InChI is InChI=1S/C16H15N3O5S2/c1-24-12-4-2-11(3-5-12)9-19-14(15(21)10-20)8-13(18-26(19,22)23)16-17-6-7-25-16/h2-8,20H,9-10H2,1H3. The van der Waals surface area contributed by atoms with Gasteiger partial charge in [0.15, 0.2) is 0 Å². The largest absolute Gasteiger partial charge is 0.497 e. The number of hydrogen-bond acceptors (Lipinski definition) is 7. The van der Waals surface area contributed by atoms with E-state index < -0.39 is 22.6 Å². The number of aliphatic hydroxyl groups excluding tert-OH is 1. The zero-order valence-corrected chi connectivity index (χ0v) is 15.3. The topological polar surface area (TPSA) is 109 Å². The van der Waals surface area contributed by atoms with Crippen molar-refractivity contribution in [3.05, 3.63) is 58.2 Å². The van der Waals surface area contributed by atoms with Gasteiger partial charge in [0.1, 0.15) is 28.8 Å². The van der Waals surface area contributed by atoms with Crippen molar-refractivity contribution >= 4 is 33.0 Å². The number of rotatable bonds is 6. The van der Waals surface area contributed by atoms with E-state index in [-0.39, 0.29) is 18.0 Å². The predicted octanol–water partition coefficient (Wildman–Crippen LogP) is 1.15. The van der Waals surface area contributed by atoms with E-state index in [0.717, 1.165) is 4.31 Å². The van der Waals surface area contributed by atoms with Gasteiger partial charge in [0.05, 0.1) is 13.7 Å². The minimum atomic E-state index is -4.16. The molecule has 1 aliphatic heterocycles. The lowest BCUT2D eigenvalue weighted by molar-refractivity contribution is -0.119. The van der Waals surface area contributed by atoms with Gasteiger partial charge < -0.3 is 9.84 Å². The summed E-state index contributed by atoms with van der Waals surface area (Å²) >= 11 is 1.20. The van der Waals surface area contributed by atoms with Gasteiger partial charge in [-0.2, -0.15) is 8.42 Å². The van der Waals surface area contributed by atoms with Crippen LogP contribution in [0.3, 0.4) is 0 Å². The lowest BCUT2D eigenvalue weighted by Crippen LogP contribution is -2.36. The van der Waals surface area contributed by atoms with Gasteiger partial charge in [-0.3, -0.25) is 4.79 Å². The van der Waals surface area contributed by atoms with Gasteiger partial charge in [-0.05, 0) is 23.8 Å². The van der Waals surface area contributed by atoms with Gasteiger partial charge in [0, 0.05) is 11.6 Å². The minimum Gasteiger partial charge on any atom is -0.497 e. The van der Waals surface area contributed by atoms with Crippen LogP contribution < -0.4 is 4.74 Å². The van der Waals surface area contributed by atoms with Crippen LogP contribution in [0.4, 0.5) is 0 Å². The summed E-state index contributed by atoms with van der Waals surface area (Å²) in [6, 6.07) is 6.76. The number of allylic oxidation sites excluding steroid dienone is 1. The number of ketones is 1. The highest BCUT2D eigenvalue weighted by Gasteiger charge is 2.33. The monoisotopic (exact) mass is 393 g/mol. The zero-order chi connectivity index (χ0) is 18.7. The summed E-state index contributed by atoms with van der Waals surface area (Å²) in [7, 11) is -2.63. The van der Waals surface area contributed by atoms with Crippen LogP contribution in [0.15, 0.2) is 52.0 Å². The molecule has 0 bridgehead atoms. The second kappa shape index (κ2) is 7.36. The van der Waals surface area contributed by atoms with Crippen LogP contribution in [0.5, 0.6) is 5.75 Å². The van der Waals surface area contributed by atoms with Gasteiger partial charge in [0.2, 0.25) is 5.78 Å². The van der Waals surface area contributed by atoms with Crippen LogP contribution in [0.2, 0.25) is 0 Å². The van der Waals surface area contributed by atoms with Crippen molar-refractivity contribution in [2.75, 3.05) is 13.7 Å². The Bertz CT molecular complexity index is 964. The van der Waals surface area contributed by atoms with Crippen molar-refractivity contribution in [3.63, 3.8) is 0 Å². The van der Waals surface area contributed by atoms with Crippen molar-refractivity contribution in [2.24, 2.45) is 4.40 Å². The number of aromatic nitrogens is 1. The Morgan fingerprint density at radius 3 is 2.62 bits per heavy atom. The first-order chi connectivity index (χ1) is 12.4. The van der Waals surface area contributed by atoms with E-state index in [9.17, 15) is 18.3 Å². The Morgan fingerprint density at radius 2 is 2.04 bits per heavy atom. The summed E-state index contributed by atoms with van der Waals surface area (Å²) in [4.78, 5) is 16.2. The van der Waals surface area contributed by atoms with Crippen molar-refractivity contribution in [1.82, 2.24) is 9.29 Å². The third-order valence-corrected chi connectivity index (χ3v) is 5.71. The Balaban J connectivity index is 2.00. The second-order valence-corrected chi connectivity index (χ2v) is 7.67. The first-order valence-electron chi connectivity index (χ1n) is 7.46. The first kappa shape index (κ1) is 18.2. The Morgan fingerprint density at radius 1 is 1.31 bits per heavy atom. The molecule has 1 aliphatic rings. The number of nitrogens with zero attached hydrogens (tertiary/aromatic N) is 3. The number of carbonyl (C=O) groups is 1. The molecule has 3 rings (SSSR count). The number of thiazole rings is 1. The number of ether oxygens (including phenoxy) is 1. The fourth-order valence-corrected chi connectivity index (χ4v) is 4.20. The molecule has 0 amide bonds. The second-order valence-electron chi connectivity index (χ2n) is 5.26. The van der Waals surface area contributed by atoms with Crippen molar-refractivity contribution in [3.8, 4) is 5.75 Å². The van der Waals surface area contributed by atoms with Gasteiger partial charge in [-0.15, -0.1) is 15.7 Å². The van der Waals surface area contributed by atoms with E-state index in [1.165, 1.54) is 30.7 Å². The Labute approximate surface area is 154 Å². The van der Waals surface area contributed by atoms with Crippen LogP contribution in [0, 0.1) is 0 Å². The first-order valence-corrected chi connectivity index (χ1v) is 9.73. The predicted molar refractivity (Wildman–Crippen MR) is 96.3 cm³/mol. The summed E-state index contributed by atoms with van der Waals surface area (Å²) in [5.74, 6) is -0.0902. The third kappa shape index (κ3) is 3.66. The number of hydrogen-bond donors (Lipinski definition) is 1. The molecule has 0 unspecified atom stereocenters. The number of carbonyl (C=O) groups excluding carboxylic acids is 1. The minimum absolute atomic E-state index is 0.0720. The smallest absolute Gasteiger partial charge is 0.345 e.